The van der Waals surface area contributed by atoms with Gasteiger partial charge in [-0.15, -0.1) is 0 Å². The Labute approximate surface area is 90.2 Å². The molecule has 11 heavy (non-hydrogen) atoms. The van der Waals surface area contributed by atoms with E-state index in [1.165, 1.54) is 0 Å². The Bertz CT molecular complexity index is 150. The molecule has 1 aromatic rings. The molecule has 3 nitrogen and oxygen atoms in total. The number of hydrogen-bond acceptors (Lipinski definition) is 1. The van der Waals surface area contributed by atoms with Gasteiger partial charge in [0.1, 0.15) is 0 Å². The van der Waals surface area contributed by atoms with Crippen molar-refractivity contribution in [3.63, 3.8) is 0 Å². The third kappa shape index (κ3) is 17.9. The predicted molar refractivity (Wildman–Crippen MR) is 38.7 cm³/mol. The standard InChI is InChI=1S/C6H5.Na.H2O3S/c1-2-4-6-5-3-1;;1-4(2)3/h1-5H;;(H2,1,2,3)/q-1;+1;. The summed E-state index contributed by atoms with van der Waals surface area (Å²) in [6, 6.07) is 12.5. The third-order valence-electron chi connectivity index (χ3n) is 0.607. The van der Waals surface area contributed by atoms with E-state index in [0.717, 1.165) is 0 Å². The molecule has 0 radical (unpaired) electrons. The van der Waals surface area contributed by atoms with Gasteiger partial charge in [0.15, 0.2) is 0 Å². The molecule has 0 fully saturated rings. The maximum Gasteiger partial charge on any atom is 1.00 e. The van der Waals surface area contributed by atoms with Crippen LogP contribution in [-0.4, -0.2) is 13.3 Å². The van der Waals surface area contributed by atoms with Crippen molar-refractivity contribution >= 4 is 11.4 Å². The first-order chi connectivity index (χ1) is 4.73. The molecule has 0 atom stereocenters. The maximum absolute atomic E-state index is 8.67. The number of hydrogen-bond donors (Lipinski definition) is 2. The van der Waals surface area contributed by atoms with E-state index in [4.69, 9.17) is 13.3 Å². The van der Waals surface area contributed by atoms with Gasteiger partial charge in [-0.1, -0.05) is 0 Å². The summed E-state index contributed by atoms with van der Waals surface area (Å²) in [6.07, 6.45) is 0. The first kappa shape index (κ1) is 13.9. The van der Waals surface area contributed by atoms with Crippen molar-refractivity contribution in [2.45, 2.75) is 0 Å². The van der Waals surface area contributed by atoms with Gasteiger partial charge < -0.3 is 0 Å². The Morgan fingerprint density at radius 2 is 1.45 bits per heavy atom. The Morgan fingerprint density at radius 1 is 1.09 bits per heavy atom. The fourth-order valence-corrected chi connectivity index (χ4v) is 0.342. The van der Waals surface area contributed by atoms with Crippen LogP contribution in [0.2, 0.25) is 0 Å². The monoisotopic (exact) mass is 182 g/mol. The van der Waals surface area contributed by atoms with Crippen molar-refractivity contribution in [3.8, 4) is 0 Å². The van der Waals surface area contributed by atoms with Crippen LogP contribution in [0.4, 0.5) is 0 Å². The molecule has 0 heterocycles. The van der Waals surface area contributed by atoms with E-state index in [-0.39, 0.29) is 29.6 Å². The zero-order valence-electron chi connectivity index (χ0n) is 6.10. The minimum Gasteiger partial charge on any atom is -0.284 e. The second kappa shape index (κ2) is 10.3. The van der Waals surface area contributed by atoms with Gasteiger partial charge in [0.25, 0.3) is 11.4 Å². The molecule has 1 rings (SSSR count). The van der Waals surface area contributed by atoms with Crippen molar-refractivity contribution in [2.24, 2.45) is 0 Å². The summed E-state index contributed by atoms with van der Waals surface area (Å²) in [4.78, 5) is 0. The van der Waals surface area contributed by atoms with E-state index in [9.17, 15) is 0 Å². The van der Waals surface area contributed by atoms with Crippen molar-refractivity contribution < 1.29 is 42.9 Å². The number of benzene rings is 1. The molecule has 0 aromatic heterocycles. The zero-order chi connectivity index (χ0) is 7.82. The van der Waals surface area contributed by atoms with Crippen LogP contribution >= 0.6 is 0 Å². The van der Waals surface area contributed by atoms with Gasteiger partial charge in [-0.05, 0) is 0 Å². The van der Waals surface area contributed by atoms with Gasteiger partial charge in [0.2, 0.25) is 0 Å². The first-order valence-electron chi connectivity index (χ1n) is 2.44. The Balaban J connectivity index is 0. The Kier molecular flexibility index (Phi) is 13.0. The van der Waals surface area contributed by atoms with Gasteiger partial charge >= 0.3 is 29.6 Å². The summed E-state index contributed by atoms with van der Waals surface area (Å²) in [5.41, 5.74) is 0. The topological polar surface area (TPSA) is 57.5 Å². The van der Waals surface area contributed by atoms with Crippen LogP contribution in [0.3, 0.4) is 0 Å². The van der Waals surface area contributed by atoms with E-state index >= 15 is 0 Å². The molecule has 0 spiro atoms. The van der Waals surface area contributed by atoms with Crippen LogP contribution in [0, 0.1) is 6.07 Å². The average molecular weight is 182 g/mol. The van der Waals surface area contributed by atoms with Gasteiger partial charge in [0.05, 0.1) is 0 Å². The van der Waals surface area contributed by atoms with E-state index in [1.807, 2.05) is 30.3 Å². The minimum absolute atomic E-state index is 0. The SMILES string of the molecule is O=S(O)O.[Na+].[c-]1ccccc1. The summed E-state index contributed by atoms with van der Waals surface area (Å²) in [5, 5.41) is 0. The third-order valence-corrected chi connectivity index (χ3v) is 0.607. The maximum atomic E-state index is 8.67. The summed E-state index contributed by atoms with van der Waals surface area (Å²) < 4.78 is 22.8. The minimum atomic E-state index is -2.61. The molecule has 5 heteroatoms. The molecule has 0 saturated heterocycles. The molecule has 1 aromatic carbocycles. The Hall–Kier alpha value is 0.290. The van der Waals surface area contributed by atoms with Crippen molar-refractivity contribution in [1.29, 1.82) is 0 Å². The molecular formula is C6H7NaO3S. The molecule has 56 valence electrons. The predicted octanol–water partition coefficient (Wildman–Crippen LogP) is -1.83. The van der Waals surface area contributed by atoms with Crippen molar-refractivity contribution in [2.75, 3.05) is 0 Å². The Morgan fingerprint density at radius 3 is 1.55 bits per heavy atom. The van der Waals surface area contributed by atoms with Gasteiger partial charge in [-0.2, -0.15) is 40.6 Å². The van der Waals surface area contributed by atoms with E-state index < -0.39 is 11.4 Å². The van der Waals surface area contributed by atoms with Crippen LogP contribution in [0.1, 0.15) is 0 Å². The molecule has 0 saturated carbocycles. The fraction of sp³-hybridized carbons (Fsp3) is 0. The second-order valence-corrected chi connectivity index (χ2v) is 1.77. The van der Waals surface area contributed by atoms with Crippen LogP contribution in [0.25, 0.3) is 0 Å². The van der Waals surface area contributed by atoms with Crippen molar-refractivity contribution in [3.05, 3.63) is 36.4 Å². The molecule has 0 aliphatic heterocycles. The molecule has 2 N–H and O–H groups in total. The first-order valence-corrected chi connectivity index (χ1v) is 3.51. The smallest absolute Gasteiger partial charge is 0.284 e. The van der Waals surface area contributed by atoms with Crippen LogP contribution in [0.5, 0.6) is 0 Å². The second-order valence-electron chi connectivity index (χ2n) is 1.31. The average Bonchev–Trinajstić information content (AvgIpc) is 1.90. The quantitative estimate of drug-likeness (QED) is 0.282. The number of rotatable bonds is 0. The normalized spacial score (nSPS) is 7.55. The molecule has 0 aliphatic rings. The molecular weight excluding hydrogens is 175 g/mol. The van der Waals surface area contributed by atoms with E-state index in [0.29, 0.717) is 0 Å². The van der Waals surface area contributed by atoms with Crippen LogP contribution < -0.4 is 29.6 Å². The summed E-state index contributed by atoms with van der Waals surface area (Å²) in [6.45, 7) is 0. The van der Waals surface area contributed by atoms with Gasteiger partial charge in [-0.3, -0.25) is 9.11 Å². The van der Waals surface area contributed by atoms with Crippen molar-refractivity contribution in [1.82, 2.24) is 0 Å². The zero-order valence-corrected chi connectivity index (χ0v) is 8.91. The summed E-state index contributed by atoms with van der Waals surface area (Å²) >= 11 is -2.61. The van der Waals surface area contributed by atoms with E-state index in [1.54, 1.807) is 0 Å². The summed E-state index contributed by atoms with van der Waals surface area (Å²) in [5.74, 6) is 0. The largest absolute Gasteiger partial charge is 1.00 e. The molecule has 0 unspecified atom stereocenters. The van der Waals surface area contributed by atoms with Crippen LogP contribution in [0.15, 0.2) is 30.3 Å². The summed E-state index contributed by atoms with van der Waals surface area (Å²) in [7, 11) is 0. The van der Waals surface area contributed by atoms with Gasteiger partial charge in [0, 0.05) is 0 Å². The fourth-order valence-electron chi connectivity index (χ4n) is 0.342. The van der Waals surface area contributed by atoms with E-state index in [2.05, 4.69) is 6.07 Å². The molecule has 0 bridgehead atoms. The molecule has 0 amide bonds. The van der Waals surface area contributed by atoms with Crippen LogP contribution in [-0.2, 0) is 11.4 Å². The van der Waals surface area contributed by atoms with Gasteiger partial charge in [-0.25, -0.2) is 0 Å². The molecule has 0 aliphatic carbocycles.